The molecule has 0 aromatic heterocycles. The fraction of sp³-hybridized carbons (Fsp3) is 0.250. The number of benzene rings is 4. The molecule has 5 nitrogen and oxygen atoms in total. The van der Waals surface area contributed by atoms with Gasteiger partial charge in [0.15, 0.2) is 0 Å². The molecule has 1 amide bonds. The predicted molar refractivity (Wildman–Crippen MR) is 164 cm³/mol. The largest absolute Gasteiger partial charge is 0.494 e. The number of hydrogen-bond acceptors (Lipinski definition) is 4. The lowest BCUT2D eigenvalue weighted by molar-refractivity contribution is 0.128. The maximum Gasteiger partial charge on any atom is 0.414 e. The molecular weight excluding hydrogens is 510 g/mol. The Morgan fingerprint density at radius 2 is 1.56 bits per heavy atom. The second kappa shape index (κ2) is 12.8. The van der Waals surface area contributed by atoms with Crippen LogP contribution in [0, 0.1) is 6.92 Å². The minimum Gasteiger partial charge on any atom is -0.494 e. The minimum absolute atomic E-state index is 0.170. The molecule has 5 rings (SSSR count). The van der Waals surface area contributed by atoms with Gasteiger partial charge in [-0.05, 0) is 86.2 Å². The number of amides is 1. The van der Waals surface area contributed by atoms with E-state index in [0.717, 1.165) is 52.3 Å². The first-order valence-electron chi connectivity index (χ1n) is 14.2. The highest BCUT2D eigenvalue weighted by molar-refractivity contribution is 5.89. The Bertz CT molecular complexity index is 1480. The van der Waals surface area contributed by atoms with Gasteiger partial charge in [0.2, 0.25) is 0 Å². The molecule has 0 spiro atoms. The van der Waals surface area contributed by atoms with Crippen LogP contribution < -0.4 is 14.4 Å². The number of carbonyl (C=O) groups excluding carboxylic acids is 1. The highest BCUT2D eigenvalue weighted by Crippen LogP contribution is 2.38. The van der Waals surface area contributed by atoms with E-state index in [1.54, 1.807) is 4.90 Å². The summed E-state index contributed by atoms with van der Waals surface area (Å²) in [5.41, 5.74) is 5.49. The van der Waals surface area contributed by atoms with Crippen LogP contribution in [-0.4, -0.2) is 18.3 Å². The second-order valence-electron chi connectivity index (χ2n) is 10.6. The van der Waals surface area contributed by atoms with Gasteiger partial charge in [-0.1, -0.05) is 78.9 Å². The third-order valence-electron chi connectivity index (χ3n) is 7.33. The SMILES string of the molecule is CCOc1ccc(COC(=O)N(Cc2ccccc2)c2cc3c(cc2C)OC(C)(CCc2ccccc2)C=C3)cc1. The lowest BCUT2D eigenvalue weighted by Crippen LogP contribution is -2.34. The summed E-state index contributed by atoms with van der Waals surface area (Å²) in [5, 5.41) is 0. The van der Waals surface area contributed by atoms with Gasteiger partial charge in [-0.25, -0.2) is 4.79 Å². The standard InChI is InChI=1S/C36H37NO4/c1-4-39-32-17-15-30(16-18-32)26-40-35(38)37(25-29-13-9-6-10-14-29)33-24-31-20-22-36(3,41-34(31)23-27(33)2)21-19-28-11-7-5-8-12-28/h5-18,20,22-24H,4,19,21,25-26H2,1-3H3. The molecule has 0 saturated carbocycles. The average molecular weight is 548 g/mol. The molecule has 5 heteroatoms. The van der Waals surface area contributed by atoms with E-state index in [1.165, 1.54) is 5.56 Å². The van der Waals surface area contributed by atoms with E-state index in [2.05, 4.69) is 43.3 Å². The molecule has 41 heavy (non-hydrogen) atoms. The number of aryl methyl sites for hydroxylation is 2. The first-order chi connectivity index (χ1) is 19.9. The molecule has 210 valence electrons. The molecule has 0 saturated heterocycles. The van der Waals surface area contributed by atoms with Crippen LogP contribution in [0.2, 0.25) is 0 Å². The van der Waals surface area contributed by atoms with Gasteiger partial charge in [0.25, 0.3) is 0 Å². The van der Waals surface area contributed by atoms with E-state index < -0.39 is 11.7 Å². The van der Waals surface area contributed by atoms with Gasteiger partial charge in [0, 0.05) is 5.56 Å². The first-order valence-corrected chi connectivity index (χ1v) is 14.2. The van der Waals surface area contributed by atoms with Crippen molar-refractivity contribution in [1.82, 2.24) is 0 Å². The van der Waals surface area contributed by atoms with E-state index in [4.69, 9.17) is 14.2 Å². The van der Waals surface area contributed by atoms with Gasteiger partial charge in [-0.15, -0.1) is 0 Å². The molecule has 1 aliphatic rings. The summed E-state index contributed by atoms with van der Waals surface area (Å²) < 4.78 is 17.9. The molecule has 0 fully saturated rings. The van der Waals surface area contributed by atoms with E-state index in [0.29, 0.717) is 13.2 Å². The van der Waals surface area contributed by atoms with E-state index in [9.17, 15) is 4.79 Å². The van der Waals surface area contributed by atoms with Crippen LogP contribution in [0.15, 0.2) is 103 Å². The van der Waals surface area contributed by atoms with Crippen LogP contribution in [0.4, 0.5) is 10.5 Å². The summed E-state index contributed by atoms with van der Waals surface area (Å²) >= 11 is 0. The first kappa shape index (κ1) is 28.0. The van der Waals surface area contributed by atoms with Crippen molar-refractivity contribution in [3.05, 3.63) is 131 Å². The maximum absolute atomic E-state index is 13.6. The smallest absolute Gasteiger partial charge is 0.414 e. The van der Waals surface area contributed by atoms with E-state index >= 15 is 0 Å². The zero-order chi connectivity index (χ0) is 28.7. The van der Waals surface area contributed by atoms with Crippen LogP contribution in [0.1, 0.15) is 48.1 Å². The zero-order valence-electron chi connectivity index (χ0n) is 24.0. The molecule has 0 aliphatic carbocycles. The fourth-order valence-corrected chi connectivity index (χ4v) is 5.00. The maximum atomic E-state index is 13.6. The lowest BCUT2D eigenvalue weighted by Gasteiger charge is -2.33. The Kier molecular flexibility index (Phi) is 8.73. The zero-order valence-corrected chi connectivity index (χ0v) is 24.0. The normalized spacial score (nSPS) is 15.5. The Balaban J connectivity index is 1.35. The van der Waals surface area contributed by atoms with Crippen molar-refractivity contribution in [2.45, 2.75) is 52.4 Å². The number of fused-ring (bicyclic) bond motifs is 1. The highest BCUT2D eigenvalue weighted by Gasteiger charge is 2.29. The van der Waals surface area contributed by atoms with Crippen molar-refractivity contribution in [2.24, 2.45) is 0 Å². The van der Waals surface area contributed by atoms with Gasteiger partial charge in [0.05, 0.1) is 18.8 Å². The quantitative estimate of drug-likeness (QED) is 0.200. The highest BCUT2D eigenvalue weighted by atomic mass is 16.6. The van der Waals surface area contributed by atoms with Crippen LogP contribution >= 0.6 is 0 Å². The molecule has 0 radical (unpaired) electrons. The molecule has 1 unspecified atom stereocenters. The van der Waals surface area contributed by atoms with Gasteiger partial charge >= 0.3 is 6.09 Å². The Morgan fingerprint density at radius 1 is 0.878 bits per heavy atom. The van der Waals surface area contributed by atoms with Gasteiger partial charge < -0.3 is 14.2 Å². The number of hydrogen-bond donors (Lipinski definition) is 0. The Labute approximate surface area is 243 Å². The molecule has 0 bridgehead atoms. The van der Waals surface area contributed by atoms with Crippen LogP contribution in [0.25, 0.3) is 6.08 Å². The van der Waals surface area contributed by atoms with Crippen molar-refractivity contribution >= 4 is 17.9 Å². The van der Waals surface area contributed by atoms with E-state index in [-0.39, 0.29) is 6.61 Å². The Morgan fingerprint density at radius 3 is 2.24 bits per heavy atom. The summed E-state index contributed by atoms with van der Waals surface area (Å²) in [7, 11) is 0. The molecule has 1 atom stereocenters. The number of anilines is 1. The molecule has 4 aromatic rings. The summed E-state index contributed by atoms with van der Waals surface area (Å²) in [6, 6.07) is 32.1. The molecule has 1 heterocycles. The van der Waals surface area contributed by atoms with Crippen molar-refractivity contribution < 1.29 is 19.0 Å². The van der Waals surface area contributed by atoms with Crippen LogP contribution in [-0.2, 0) is 24.3 Å². The van der Waals surface area contributed by atoms with Crippen LogP contribution in [0.3, 0.4) is 0 Å². The van der Waals surface area contributed by atoms with Crippen molar-refractivity contribution in [3.63, 3.8) is 0 Å². The summed E-state index contributed by atoms with van der Waals surface area (Å²) in [6.07, 6.45) is 5.63. The summed E-state index contributed by atoms with van der Waals surface area (Å²) in [6.45, 7) is 7.25. The molecule has 1 aliphatic heterocycles. The number of ether oxygens (including phenoxy) is 3. The van der Waals surface area contributed by atoms with Gasteiger partial charge in [-0.3, -0.25) is 4.90 Å². The van der Waals surface area contributed by atoms with Crippen molar-refractivity contribution in [2.75, 3.05) is 11.5 Å². The van der Waals surface area contributed by atoms with Gasteiger partial charge in [0.1, 0.15) is 23.7 Å². The topological polar surface area (TPSA) is 48.0 Å². The van der Waals surface area contributed by atoms with Crippen molar-refractivity contribution in [1.29, 1.82) is 0 Å². The Hall–Kier alpha value is -4.51. The summed E-state index contributed by atoms with van der Waals surface area (Å²) in [4.78, 5) is 15.3. The monoisotopic (exact) mass is 547 g/mol. The summed E-state index contributed by atoms with van der Waals surface area (Å²) in [5.74, 6) is 1.62. The van der Waals surface area contributed by atoms with Crippen LogP contribution in [0.5, 0.6) is 11.5 Å². The number of nitrogens with zero attached hydrogens (tertiary/aromatic N) is 1. The third-order valence-corrected chi connectivity index (χ3v) is 7.33. The lowest BCUT2D eigenvalue weighted by atomic mass is 9.92. The fourth-order valence-electron chi connectivity index (χ4n) is 5.00. The minimum atomic E-state index is -0.406. The van der Waals surface area contributed by atoms with E-state index in [1.807, 2.05) is 86.6 Å². The second-order valence-corrected chi connectivity index (χ2v) is 10.6. The average Bonchev–Trinajstić information content (AvgIpc) is 2.99. The number of rotatable bonds is 10. The van der Waals surface area contributed by atoms with Crippen molar-refractivity contribution in [3.8, 4) is 11.5 Å². The van der Waals surface area contributed by atoms with Gasteiger partial charge in [-0.2, -0.15) is 0 Å². The molecule has 4 aromatic carbocycles. The molecule has 0 N–H and O–H groups in total. The number of carbonyl (C=O) groups is 1. The predicted octanol–water partition coefficient (Wildman–Crippen LogP) is 8.53. The molecular formula is C36H37NO4. The third kappa shape index (κ3) is 7.17.